The Labute approximate surface area is 103 Å². The maximum atomic E-state index is 5.63. The molecule has 4 nitrogen and oxygen atoms in total. The fourth-order valence-corrected chi connectivity index (χ4v) is 1.99. The van der Waals surface area contributed by atoms with Gasteiger partial charge in [-0.3, -0.25) is 11.3 Å². The maximum absolute atomic E-state index is 5.63. The third-order valence-electron chi connectivity index (χ3n) is 2.91. The molecule has 0 fully saturated rings. The zero-order valence-electron chi connectivity index (χ0n) is 10.9. The number of hydrogen-bond acceptors (Lipinski definition) is 4. The smallest absolute Gasteiger partial charge is 0.118 e. The van der Waals surface area contributed by atoms with Crippen molar-refractivity contribution in [3.05, 3.63) is 29.8 Å². The topological polar surface area (TPSA) is 56.5 Å². The van der Waals surface area contributed by atoms with Crippen LogP contribution >= 0.6 is 0 Å². The Bertz CT molecular complexity index is 325. The monoisotopic (exact) mass is 238 g/mol. The highest BCUT2D eigenvalue weighted by Gasteiger charge is 2.24. The van der Waals surface area contributed by atoms with E-state index in [1.54, 1.807) is 14.2 Å². The Morgan fingerprint density at radius 3 is 2.06 bits per heavy atom. The lowest BCUT2D eigenvalue weighted by atomic mass is 9.94. The molecule has 0 spiro atoms. The third kappa shape index (κ3) is 3.43. The van der Waals surface area contributed by atoms with E-state index in [1.807, 2.05) is 24.3 Å². The Morgan fingerprint density at radius 2 is 1.71 bits per heavy atom. The van der Waals surface area contributed by atoms with E-state index in [4.69, 9.17) is 15.3 Å². The number of rotatable bonds is 6. The molecule has 1 aromatic carbocycles. The molecule has 0 aromatic heterocycles. The maximum Gasteiger partial charge on any atom is 0.118 e. The van der Waals surface area contributed by atoms with Crippen molar-refractivity contribution in [3.63, 3.8) is 0 Å². The van der Waals surface area contributed by atoms with E-state index in [1.165, 1.54) is 0 Å². The predicted octanol–water partition coefficient (Wildman–Crippen LogP) is 1.87. The van der Waals surface area contributed by atoms with Crippen LogP contribution in [0.5, 0.6) is 5.75 Å². The van der Waals surface area contributed by atoms with E-state index >= 15 is 0 Å². The van der Waals surface area contributed by atoms with E-state index < -0.39 is 0 Å². The van der Waals surface area contributed by atoms with Crippen molar-refractivity contribution in [2.75, 3.05) is 14.2 Å². The second-order valence-corrected chi connectivity index (χ2v) is 4.36. The SMILES string of the molecule is COc1ccc(C(NN)C(OC)C(C)C)cc1. The molecule has 17 heavy (non-hydrogen) atoms. The summed E-state index contributed by atoms with van der Waals surface area (Å²) in [5.41, 5.74) is 3.91. The number of ether oxygens (including phenoxy) is 2. The molecule has 96 valence electrons. The van der Waals surface area contributed by atoms with Gasteiger partial charge < -0.3 is 9.47 Å². The summed E-state index contributed by atoms with van der Waals surface area (Å²) in [7, 11) is 3.36. The first kappa shape index (κ1) is 14.0. The molecule has 0 aliphatic carbocycles. The first-order valence-corrected chi connectivity index (χ1v) is 5.77. The van der Waals surface area contributed by atoms with Crippen molar-refractivity contribution in [1.82, 2.24) is 5.43 Å². The average molecular weight is 238 g/mol. The molecule has 2 atom stereocenters. The molecule has 0 heterocycles. The highest BCUT2D eigenvalue weighted by molar-refractivity contribution is 5.29. The normalized spacial score (nSPS) is 14.7. The van der Waals surface area contributed by atoms with Crippen LogP contribution in [0.2, 0.25) is 0 Å². The number of nitrogens with two attached hydrogens (primary N) is 1. The highest BCUT2D eigenvalue weighted by atomic mass is 16.5. The summed E-state index contributed by atoms with van der Waals surface area (Å²) in [5.74, 6) is 6.84. The van der Waals surface area contributed by atoms with Crippen molar-refractivity contribution in [3.8, 4) is 5.75 Å². The van der Waals surface area contributed by atoms with E-state index in [0.717, 1.165) is 11.3 Å². The first-order valence-electron chi connectivity index (χ1n) is 5.77. The largest absolute Gasteiger partial charge is 0.497 e. The zero-order chi connectivity index (χ0) is 12.8. The number of methoxy groups -OCH3 is 2. The fourth-order valence-electron chi connectivity index (χ4n) is 1.99. The fraction of sp³-hybridized carbons (Fsp3) is 0.538. The molecule has 0 saturated heterocycles. The average Bonchev–Trinajstić information content (AvgIpc) is 2.35. The predicted molar refractivity (Wildman–Crippen MR) is 68.7 cm³/mol. The van der Waals surface area contributed by atoms with Gasteiger partial charge in [-0.1, -0.05) is 26.0 Å². The zero-order valence-corrected chi connectivity index (χ0v) is 10.9. The molecule has 1 rings (SSSR count). The summed E-state index contributed by atoms with van der Waals surface area (Å²) < 4.78 is 10.6. The summed E-state index contributed by atoms with van der Waals surface area (Å²) in [6.07, 6.45) is 0.0356. The third-order valence-corrected chi connectivity index (χ3v) is 2.91. The molecule has 0 bridgehead atoms. The van der Waals surface area contributed by atoms with E-state index in [-0.39, 0.29) is 12.1 Å². The summed E-state index contributed by atoms with van der Waals surface area (Å²) in [5, 5.41) is 0. The molecule has 3 N–H and O–H groups in total. The van der Waals surface area contributed by atoms with Crippen LogP contribution in [0.25, 0.3) is 0 Å². The van der Waals surface area contributed by atoms with Crippen molar-refractivity contribution in [1.29, 1.82) is 0 Å². The standard InChI is InChI=1S/C13H22N2O2/c1-9(2)13(17-4)12(15-14)10-5-7-11(16-3)8-6-10/h5-9,12-13,15H,14H2,1-4H3. The van der Waals surface area contributed by atoms with Crippen molar-refractivity contribution in [2.45, 2.75) is 26.0 Å². The molecule has 1 aromatic rings. The minimum atomic E-state index is -0.0223. The number of hydrazine groups is 1. The van der Waals surface area contributed by atoms with Gasteiger partial charge in [0.05, 0.1) is 19.3 Å². The number of nitrogens with one attached hydrogen (secondary N) is 1. The number of hydrogen-bond donors (Lipinski definition) is 2. The Balaban J connectivity index is 2.91. The minimum Gasteiger partial charge on any atom is -0.497 e. The Morgan fingerprint density at radius 1 is 1.12 bits per heavy atom. The quantitative estimate of drug-likeness (QED) is 0.587. The lowest BCUT2D eigenvalue weighted by Crippen LogP contribution is -2.40. The van der Waals surface area contributed by atoms with Crippen LogP contribution < -0.4 is 16.0 Å². The Hall–Kier alpha value is -1.10. The summed E-state index contributed by atoms with van der Waals surface area (Å²) in [6, 6.07) is 7.82. The molecule has 0 amide bonds. The van der Waals surface area contributed by atoms with Crippen LogP contribution in [0, 0.1) is 5.92 Å². The van der Waals surface area contributed by atoms with Crippen LogP contribution in [-0.2, 0) is 4.74 Å². The molecular formula is C13H22N2O2. The van der Waals surface area contributed by atoms with E-state index in [0.29, 0.717) is 5.92 Å². The van der Waals surface area contributed by atoms with Crippen LogP contribution in [0.3, 0.4) is 0 Å². The van der Waals surface area contributed by atoms with Crippen molar-refractivity contribution >= 4 is 0 Å². The first-order chi connectivity index (χ1) is 8.13. The highest BCUT2D eigenvalue weighted by Crippen LogP contribution is 2.25. The van der Waals surface area contributed by atoms with E-state index in [9.17, 15) is 0 Å². The minimum absolute atomic E-state index is 0.0223. The molecule has 0 aliphatic heterocycles. The Kier molecular flexibility index (Phi) is 5.41. The molecule has 0 aliphatic rings. The molecule has 0 radical (unpaired) electrons. The van der Waals surface area contributed by atoms with Crippen molar-refractivity contribution < 1.29 is 9.47 Å². The van der Waals surface area contributed by atoms with Gasteiger partial charge in [0, 0.05) is 7.11 Å². The van der Waals surface area contributed by atoms with Crippen LogP contribution in [0.1, 0.15) is 25.5 Å². The lowest BCUT2D eigenvalue weighted by Gasteiger charge is -2.28. The van der Waals surface area contributed by atoms with Crippen molar-refractivity contribution in [2.24, 2.45) is 11.8 Å². The summed E-state index contributed by atoms with van der Waals surface area (Å²) >= 11 is 0. The second-order valence-electron chi connectivity index (χ2n) is 4.36. The van der Waals surface area contributed by atoms with Gasteiger partial charge in [0.1, 0.15) is 5.75 Å². The van der Waals surface area contributed by atoms with Gasteiger partial charge >= 0.3 is 0 Å². The van der Waals surface area contributed by atoms with Gasteiger partial charge in [-0.15, -0.1) is 0 Å². The summed E-state index contributed by atoms with van der Waals surface area (Å²) in [6.45, 7) is 4.23. The molecular weight excluding hydrogens is 216 g/mol. The van der Waals surface area contributed by atoms with Gasteiger partial charge in [0.2, 0.25) is 0 Å². The molecule has 2 unspecified atom stereocenters. The van der Waals surface area contributed by atoms with E-state index in [2.05, 4.69) is 19.3 Å². The van der Waals surface area contributed by atoms with Crippen LogP contribution in [0.4, 0.5) is 0 Å². The lowest BCUT2D eigenvalue weighted by molar-refractivity contribution is 0.0326. The van der Waals surface area contributed by atoms with Gasteiger partial charge in [0.15, 0.2) is 0 Å². The van der Waals surface area contributed by atoms with Crippen LogP contribution in [-0.4, -0.2) is 20.3 Å². The number of benzene rings is 1. The second kappa shape index (κ2) is 6.59. The van der Waals surface area contributed by atoms with Gasteiger partial charge in [-0.25, -0.2) is 0 Å². The van der Waals surface area contributed by atoms with Gasteiger partial charge in [-0.05, 0) is 23.6 Å². The molecule has 0 saturated carbocycles. The van der Waals surface area contributed by atoms with Gasteiger partial charge in [0.25, 0.3) is 0 Å². The summed E-state index contributed by atoms with van der Waals surface area (Å²) in [4.78, 5) is 0. The molecule has 4 heteroatoms. The van der Waals surface area contributed by atoms with Crippen LogP contribution in [0.15, 0.2) is 24.3 Å². The van der Waals surface area contributed by atoms with Gasteiger partial charge in [-0.2, -0.15) is 0 Å².